The van der Waals surface area contributed by atoms with Gasteiger partial charge in [0.1, 0.15) is 0 Å². The second kappa shape index (κ2) is 18.3. The fourth-order valence-electron chi connectivity index (χ4n) is 9.98. The van der Waals surface area contributed by atoms with Crippen LogP contribution in [-0.2, 0) is 22.9 Å². The summed E-state index contributed by atoms with van der Waals surface area (Å²) in [6.07, 6.45) is 0. The molecular formula is C61H53HfN3O2. The summed E-state index contributed by atoms with van der Waals surface area (Å²) < 4.78 is 22.2. The summed E-state index contributed by atoms with van der Waals surface area (Å²) in [5.41, 5.74) is 19.1. The third kappa shape index (κ3) is 7.77. The number of para-hydroxylation sites is 4. The van der Waals surface area contributed by atoms with Gasteiger partial charge in [-0.25, -0.2) is 4.98 Å². The van der Waals surface area contributed by atoms with Gasteiger partial charge < -0.3 is 18.6 Å². The van der Waals surface area contributed by atoms with E-state index in [0.717, 1.165) is 112 Å². The van der Waals surface area contributed by atoms with Crippen molar-refractivity contribution < 1.29 is 32.4 Å². The first kappa shape index (κ1) is 43.9. The number of ether oxygens (including phenoxy) is 2. The van der Waals surface area contributed by atoms with E-state index in [-0.39, 0.29) is 22.9 Å². The molecule has 0 fully saturated rings. The SMILES string of the molecule is COc1c(-c2ccc(C)cc2-c2cccc(-c3cc(C)ccc3-c3cc(C)cc(-n4c5ccccc5c5ccccc54)c3OC)n2)cc(C)cc1-n1c2ccccc2c2ccccc21.[CH3][Hf][CH3]. The van der Waals surface area contributed by atoms with Gasteiger partial charge in [-0.2, -0.15) is 0 Å². The molecule has 5 nitrogen and oxygen atoms in total. The van der Waals surface area contributed by atoms with E-state index < -0.39 is 0 Å². The molecule has 8 aromatic carbocycles. The Morgan fingerprint density at radius 1 is 0.358 bits per heavy atom. The van der Waals surface area contributed by atoms with Crippen LogP contribution in [0.1, 0.15) is 22.3 Å². The zero-order valence-corrected chi connectivity index (χ0v) is 43.0. The molecule has 0 aliphatic carbocycles. The molecule has 0 N–H and O–H groups in total. The molecule has 11 rings (SSSR count). The van der Waals surface area contributed by atoms with E-state index in [2.05, 4.69) is 222 Å². The van der Waals surface area contributed by atoms with Crippen LogP contribution in [0.3, 0.4) is 0 Å². The molecule has 67 heavy (non-hydrogen) atoms. The quantitative estimate of drug-likeness (QED) is 0.142. The van der Waals surface area contributed by atoms with Crippen LogP contribution >= 0.6 is 0 Å². The maximum atomic E-state index is 6.46. The fourth-order valence-corrected chi connectivity index (χ4v) is 9.98. The zero-order valence-electron chi connectivity index (χ0n) is 39.4. The van der Waals surface area contributed by atoms with Gasteiger partial charge >= 0.3 is 32.3 Å². The number of aryl methyl sites for hydroxylation is 4. The van der Waals surface area contributed by atoms with Gasteiger partial charge in [0.2, 0.25) is 0 Å². The average molecular weight is 1040 g/mol. The van der Waals surface area contributed by atoms with Crippen LogP contribution in [0.2, 0.25) is 9.36 Å². The van der Waals surface area contributed by atoms with Crippen molar-refractivity contribution in [3.05, 3.63) is 198 Å². The van der Waals surface area contributed by atoms with Gasteiger partial charge in [0.15, 0.2) is 11.5 Å². The average Bonchev–Trinajstić information content (AvgIpc) is 3.87. The number of rotatable bonds is 8. The number of pyridine rings is 1. The molecule has 3 heterocycles. The van der Waals surface area contributed by atoms with Crippen LogP contribution in [0, 0.1) is 27.7 Å². The van der Waals surface area contributed by atoms with Crippen molar-refractivity contribution in [2.24, 2.45) is 0 Å². The van der Waals surface area contributed by atoms with Crippen LogP contribution < -0.4 is 9.47 Å². The number of nitrogens with zero attached hydrogens (tertiary/aromatic N) is 3. The van der Waals surface area contributed by atoms with E-state index in [0.29, 0.717) is 0 Å². The van der Waals surface area contributed by atoms with Crippen molar-refractivity contribution in [3.8, 4) is 67.6 Å². The summed E-state index contributed by atoms with van der Waals surface area (Å²) >= 11 is 0.0833. The molecule has 328 valence electrons. The minimum atomic E-state index is 0.0833. The van der Waals surface area contributed by atoms with Gasteiger partial charge in [-0.15, -0.1) is 0 Å². The number of hydrogen-bond donors (Lipinski definition) is 0. The molecule has 3 aromatic heterocycles. The second-order valence-corrected chi connectivity index (χ2v) is 21.1. The molecule has 0 amide bonds. The number of benzene rings is 8. The Morgan fingerprint density at radius 3 is 1.03 bits per heavy atom. The van der Waals surface area contributed by atoms with Crippen molar-refractivity contribution >= 4 is 43.6 Å². The number of methoxy groups -OCH3 is 2. The van der Waals surface area contributed by atoms with Crippen molar-refractivity contribution in [1.82, 2.24) is 14.1 Å². The van der Waals surface area contributed by atoms with E-state index in [9.17, 15) is 0 Å². The maximum absolute atomic E-state index is 6.46. The Balaban J connectivity index is 0.00000171. The summed E-state index contributed by atoms with van der Waals surface area (Å²) in [5, 5.41) is 4.84. The molecule has 0 atom stereocenters. The second-order valence-electron chi connectivity index (χ2n) is 17.5. The van der Waals surface area contributed by atoms with Crippen LogP contribution in [0.15, 0.2) is 176 Å². The molecule has 0 spiro atoms. The molecule has 0 radical (unpaired) electrons. The van der Waals surface area contributed by atoms with Gasteiger partial charge in [-0.1, -0.05) is 114 Å². The summed E-state index contributed by atoms with van der Waals surface area (Å²) in [4.78, 5) is 5.54. The first-order valence-corrected chi connectivity index (χ1v) is 30.0. The van der Waals surface area contributed by atoms with Gasteiger partial charge in [0.05, 0.1) is 59.0 Å². The molecule has 0 saturated carbocycles. The van der Waals surface area contributed by atoms with E-state index in [4.69, 9.17) is 14.5 Å². The third-order valence-corrected chi connectivity index (χ3v) is 12.7. The van der Waals surface area contributed by atoms with Crippen molar-refractivity contribution in [3.63, 3.8) is 0 Å². The summed E-state index contributed by atoms with van der Waals surface area (Å²) in [5.74, 6) is 1.62. The molecule has 0 aliphatic heterocycles. The Labute approximate surface area is 404 Å². The number of fused-ring (bicyclic) bond motifs is 6. The van der Waals surface area contributed by atoms with Gasteiger partial charge in [-0.05, 0) is 123 Å². The van der Waals surface area contributed by atoms with Crippen molar-refractivity contribution in [1.29, 1.82) is 0 Å². The summed E-state index contributed by atoms with van der Waals surface area (Å²) in [6.45, 7) is 8.62. The van der Waals surface area contributed by atoms with E-state index in [1.165, 1.54) is 21.5 Å². The first-order valence-electron chi connectivity index (χ1n) is 22.9. The first-order chi connectivity index (χ1) is 32.7. The molecule has 0 bridgehead atoms. The fraction of sp³-hybridized carbons (Fsp3) is 0.131. The predicted octanol–water partition coefficient (Wildman–Crippen LogP) is 16.4. The Bertz CT molecular complexity index is 3330. The van der Waals surface area contributed by atoms with E-state index in [1.807, 2.05) is 0 Å². The van der Waals surface area contributed by atoms with Crippen LogP contribution in [-0.4, -0.2) is 28.3 Å². The molecular weight excluding hydrogens is 985 g/mol. The number of hydrogen-bond acceptors (Lipinski definition) is 3. The zero-order chi connectivity index (χ0) is 46.3. The Kier molecular flexibility index (Phi) is 12.0. The molecule has 0 aliphatic rings. The Morgan fingerprint density at radius 2 is 0.687 bits per heavy atom. The van der Waals surface area contributed by atoms with Gasteiger partial charge in [0, 0.05) is 43.8 Å². The van der Waals surface area contributed by atoms with Crippen LogP contribution in [0.5, 0.6) is 11.5 Å². The molecule has 6 heteroatoms. The van der Waals surface area contributed by atoms with Gasteiger partial charge in [0.25, 0.3) is 0 Å². The summed E-state index contributed by atoms with van der Waals surface area (Å²) in [7, 11) is 3.56. The summed E-state index contributed by atoms with van der Waals surface area (Å²) in [6, 6.07) is 63.1. The number of aromatic nitrogens is 3. The topological polar surface area (TPSA) is 41.2 Å². The normalized spacial score (nSPS) is 11.3. The standard InChI is InChI=1S/C59H47N3O2.2CH3.Hf/c1-36-26-28-40(48-32-38(3)34-56(58(48)63-5)61-52-22-11-7-16-42(52)43-17-8-12-23-53(43)61)46(30-36)50-20-15-21-51(60-50)47-31-37(2)27-29-41(47)49-33-39(4)35-57(59(49)64-6)62-54-24-13-9-18-44(54)45-19-10-14-25-55(45)62;;;/h7-35H,1-6H3;2*1H3;. The van der Waals surface area contributed by atoms with Crippen LogP contribution in [0.25, 0.3) is 99.8 Å². The predicted molar refractivity (Wildman–Crippen MR) is 278 cm³/mol. The van der Waals surface area contributed by atoms with Gasteiger partial charge in [-0.3, -0.25) is 0 Å². The van der Waals surface area contributed by atoms with E-state index in [1.54, 1.807) is 14.2 Å². The minimum absolute atomic E-state index is 0.0833. The monoisotopic (exact) mass is 1040 g/mol. The Hall–Kier alpha value is -7.02. The molecule has 11 aromatic rings. The van der Waals surface area contributed by atoms with Crippen LogP contribution in [0.4, 0.5) is 0 Å². The molecule has 0 unspecified atom stereocenters. The third-order valence-electron chi connectivity index (χ3n) is 12.7. The molecule has 0 saturated heterocycles. The van der Waals surface area contributed by atoms with Crippen molar-refractivity contribution in [2.45, 2.75) is 37.1 Å². The van der Waals surface area contributed by atoms with E-state index >= 15 is 0 Å². The van der Waals surface area contributed by atoms with Crippen molar-refractivity contribution in [2.75, 3.05) is 14.2 Å².